The van der Waals surface area contributed by atoms with Crippen LogP contribution in [0.4, 0.5) is 0 Å². The molecule has 0 unspecified atom stereocenters. The van der Waals surface area contributed by atoms with Gasteiger partial charge in [-0.2, -0.15) is 0 Å². The van der Waals surface area contributed by atoms with Gasteiger partial charge in [-0.1, -0.05) is 11.4 Å². The van der Waals surface area contributed by atoms with Gasteiger partial charge in [0.2, 0.25) is 0 Å². The molecule has 0 amide bonds. The van der Waals surface area contributed by atoms with Crippen molar-refractivity contribution in [1.29, 1.82) is 0 Å². The first-order valence-corrected chi connectivity index (χ1v) is 5.90. The zero-order valence-electron chi connectivity index (χ0n) is 8.79. The minimum atomic E-state index is 0.360. The Morgan fingerprint density at radius 3 is 2.71 bits per heavy atom. The molecule has 1 aliphatic rings. The summed E-state index contributed by atoms with van der Waals surface area (Å²) in [5, 5.41) is 4.04. The fourth-order valence-corrected chi connectivity index (χ4v) is 3.36. The van der Waals surface area contributed by atoms with E-state index in [0.29, 0.717) is 5.41 Å². The summed E-state index contributed by atoms with van der Waals surface area (Å²) in [5.74, 6) is 0.847. The Morgan fingerprint density at radius 1 is 1.57 bits per heavy atom. The van der Waals surface area contributed by atoms with Crippen molar-refractivity contribution in [3.05, 3.63) is 10.6 Å². The standard InChI is InChI=1S/C10H17N3S/c1-7-3-10(4-7,6-11)5-9-8(2)12-13-14-9/h7H,3-6,11H2,1-2H3. The molecule has 1 aliphatic carbocycles. The van der Waals surface area contributed by atoms with Crippen molar-refractivity contribution in [1.82, 2.24) is 9.59 Å². The first-order chi connectivity index (χ1) is 6.65. The second-order valence-electron chi connectivity index (χ2n) is 4.68. The molecule has 3 nitrogen and oxygen atoms in total. The van der Waals surface area contributed by atoms with Gasteiger partial charge in [-0.3, -0.25) is 0 Å². The van der Waals surface area contributed by atoms with E-state index in [9.17, 15) is 0 Å². The fourth-order valence-electron chi connectivity index (χ4n) is 2.56. The van der Waals surface area contributed by atoms with Gasteiger partial charge >= 0.3 is 0 Å². The smallest absolute Gasteiger partial charge is 0.0756 e. The molecule has 0 bridgehead atoms. The summed E-state index contributed by atoms with van der Waals surface area (Å²) in [7, 11) is 0. The molecule has 1 saturated carbocycles. The summed E-state index contributed by atoms with van der Waals surface area (Å²) >= 11 is 1.53. The lowest BCUT2D eigenvalue weighted by Crippen LogP contribution is -2.43. The van der Waals surface area contributed by atoms with Crippen LogP contribution in [0.3, 0.4) is 0 Å². The lowest BCUT2D eigenvalue weighted by molar-refractivity contribution is 0.0768. The predicted molar refractivity (Wildman–Crippen MR) is 58.2 cm³/mol. The van der Waals surface area contributed by atoms with E-state index in [4.69, 9.17) is 5.73 Å². The van der Waals surface area contributed by atoms with Crippen LogP contribution in [0.25, 0.3) is 0 Å². The van der Waals surface area contributed by atoms with Crippen molar-refractivity contribution in [2.24, 2.45) is 17.1 Å². The maximum absolute atomic E-state index is 5.86. The second kappa shape index (κ2) is 3.59. The van der Waals surface area contributed by atoms with Crippen LogP contribution in [0.1, 0.15) is 30.3 Å². The van der Waals surface area contributed by atoms with Crippen molar-refractivity contribution in [3.8, 4) is 0 Å². The third kappa shape index (κ3) is 1.68. The normalized spacial score (nSPS) is 31.5. The topological polar surface area (TPSA) is 51.8 Å². The SMILES string of the molecule is Cc1nnsc1CC1(CN)CC(C)C1. The average Bonchev–Trinajstić information content (AvgIpc) is 2.48. The monoisotopic (exact) mass is 211 g/mol. The number of aryl methyl sites for hydroxylation is 1. The first-order valence-electron chi connectivity index (χ1n) is 5.13. The van der Waals surface area contributed by atoms with Crippen LogP contribution < -0.4 is 5.73 Å². The molecule has 0 spiro atoms. The molecule has 2 rings (SSSR count). The lowest BCUT2D eigenvalue weighted by Gasteiger charge is -2.46. The summed E-state index contributed by atoms with van der Waals surface area (Å²) in [6.07, 6.45) is 3.61. The van der Waals surface area contributed by atoms with E-state index in [0.717, 1.165) is 24.6 Å². The zero-order chi connectivity index (χ0) is 10.2. The highest BCUT2D eigenvalue weighted by molar-refractivity contribution is 7.05. The van der Waals surface area contributed by atoms with Gasteiger partial charge in [0, 0.05) is 4.88 Å². The van der Waals surface area contributed by atoms with Gasteiger partial charge in [-0.15, -0.1) is 5.10 Å². The van der Waals surface area contributed by atoms with Crippen LogP contribution in [-0.4, -0.2) is 16.1 Å². The third-order valence-electron chi connectivity index (χ3n) is 3.28. The number of hydrogen-bond acceptors (Lipinski definition) is 4. The molecule has 0 atom stereocenters. The fraction of sp³-hybridized carbons (Fsp3) is 0.800. The molecule has 0 aliphatic heterocycles. The minimum absolute atomic E-state index is 0.360. The van der Waals surface area contributed by atoms with Gasteiger partial charge in [0.05, 0.1) is 5.69 Å². The molecule has 1 heterocycles. The molecule has 1 fully saturated rings. The van der Waals surface area contributed by atoms with E-state index in [2.05, 4.69) is 16.5 Å². The Hall–Kier alpha value is -0.480. The summed E-state index contributed by atoms with van der Waals surface area (Å²) in [6.45, 7) is 5.13. The first kappa shape index (κ1) is 10.1. The minimum Gasteiger partial charge on any atom is -0.330 e. The van der Waals surface area contributed by atoms with Gasteiger partial charge in [0.25, 0.3) is 0 Å². The molecule has 0 saturated heterocycles. The number of aromatic nitrogens is 2. The quantitative estimate of drug-likeness (QED) is 0.829. The Balaban J connectivity index is 2.06. The van der Waals surface area contributed by atoms with E-state index in [1.54, 1.807) is 0 Å². The molecular weight excluding hydrogens is 194 g/mol. The highest BCUT2D eigenvalue weighted by atomic mass is 32.1. The van der Waals surface area contributed by atoms with Gasteiger partial charge in [-0.25, -0.2) is 0 Å². The number of nitrogens with zero attached hydrogens (tertiary/aromatic N) is 2. The maximum atomic E-state index is 5.86. The van der Waals surface area contributed by atoms with E-state index in [-0.39, 0.29) is 0 Å². The largest absolute Gasteiger partial charge is 0.330 e. The Bertz CT molecular complexity index is 315. The number of nitrogens with two attached hydrogens (primary N) is 1. The van der Waals surface area contributed by atoms with Gasteiger partial charge in [-0.05, 0) is 55.6 Å². The number of rotatable bonds is 3. The second-order valence-corrected chi connectivity index (χ2v) is 5.51. The van der Waals surface area contributed by atoms with Crippen molar-refractivity contribution < 1.29 is 0 Å². The van der Waals surface area contributed by atoms with E-state index in [1.165, 1.54) is 29.3 Å². The van der Waals surface area contributed by atoms with E-state index in [1.807, 2.05) is 6.92 Å². The van der Waals surface area contributed by atoms with Crippen LogP contribution in [0.15, 0.2) is 0 Å². The van der Waals surface area contributed by atoms with Crippen LogP contribution in [0, 0.1) is 18.3 Å². The lowest BCUT2D eigenvalue weighted by atomic mass is 9.61. The Morgan fingerprint density at radius 2 is 2.29 bits per heavy atom. The highest BCUT2D eigenvalue weighted by Crippen LogP contribution is 2.47. The predicted octanol–water partition coefficient (Wildman–Crippen LogP) is 1.76. The van der Waals surface area contributed by atoms with E-state index >= 15 is 0 Å². The zero-order valence-corrected chi connectivity index (χ0v) is 9.60. The third-order valence-corrected chi connectivity index (χ3v) is 4.10. The number of hydrogen-bond donors (Lipinski definition) is 1. The van der Waals surface area contributed by atoms with Crippen molar-refractivity contribution in [3.63, 3.8) is 0 Å². The maximum Gasteiger partial charge on any atom is 0.0756 e. The summed E-state index contributed by atoms with van der Waals surface area (Å²) in [6, 6.07) is 0. The Kier molecular flexibility index (Phi) is 2.58. The molecule has 1 aromatic heterocycles. The molecule has 0 radical (unpaired) electrons. The molecule has 78 valence electrons. The van der Waals surface area contributed by atoms with Gasteiger partial charge < -0.3 is 5.73 Å². The molecule has 14 heavy (non-hydrogen) atoms. The molecule has 4 heteroatoms. The molecule has 1 aromatic rings. The van der Waals surface area contributed by atoms with Crippen molar-refractivity contribution >= 4 is 11.5 Å². The van der Waals surface area contributed by atoms with Crippen LogP contribution in [-0.2, 0) is 6.42 Å². The van der Waals surface area contributed by atoms with Gasteiger partial charge in [0.15, 0.2) is 0 Å². The Labute approximate surface area is 88.9 Å². The highest BCUT2D eigenvalue weighted by Gasteiger charge is 2.41. The molecular formula is C10H17N3S. The average molecular weight is 211 g/mol. The summed E-state index contributed by atoms with van der Waals surface area (Å²) in [4.78, 5) is 1.32. The van der Waals surface area contributed by atoms with Crippen LogP contribution >= 0.6 is 11.5 Å². The summed E-state index contributed by atoms with van der Waals surface area (Å²) in [5.41, 5.74) is 7.31. The van der Waals surface area contributed by atoms with Crippen molar-refractivity contribution in [2.75, 3.05) is 6.54 Å². The van der Waals surface area contributed by atoms with Crippen molar-refractivity contribution in [2.45, 2.75) is 33.1 Å². The summed E-state index contributed by atoms with van der Waals surface area (Å²) < 4.78 is 3.97. The van der Waals surface area contributed by atoms with Gasteiger partial charge in [0.1, 0.15) is 0 Å². The molecule has 0 aromatic carbocycles. The van der Waals surface area contributed by atoms with Crippen LogP contribution in [0.5, 0.6) is 0 Å². The molecule has 2 N–H and O–H groups in total. The van der Waals surface area contributed by atoms with Crippen LogP contribution in [0.2, 0.25) is 0 Å². The van der Waals surface area contributed by atoms with E-state index < -0.39 is 0 Å².